The first-order valence-corrected chi connectivity index (χ1v) is 9.11. The zero-order valence-electron chi connectivity index (χ0n) is 14.2. The number of para-hydroxylation sites is 1. The topological polar surface area (TPSA) is 118 Å². The number of anilines is 1. The van der Waals surface area contributed by atoms with Crippen molar-refractivity contribution in [3.63, 3.8) is 0 Å². The lowest BCUT2D eigenvalue weighted by molar-refractivity contribution is -0.385. The summed E-state index contributed by atoms with van der Waals surface area (Å²) in [5, 5.41) is 13.5. The Balaban J connectivity index is 2.48. The number of aryl methyl sites for hydroxylation is 1. The quantitative estimate of drug-likeness (QED) is 0.426. The molecule has 0 aliphatic heterocycles. The maximum atomic E-state index is 14.3. The summed E-state index contributed by atoms with van der Waals surface area (Å²) in [6.45, 7) is 4.85. The van der Waals surface area contributed by atoms with Crippen molar-refractivity contribution in [2.45, 2.75) is 11.8 Å². The molecule has 0 spiro atoms. The van der Waals surface area contributed by atoms with Crippen LogP contribution >= 0.6 is 0 Å². The molecule has 0 fully saturated rings. The van der Waals surface area contributed by atoms with Crippen molar-refractivity contribution in [2.24, 2.45) is 0 Å². The predicted molar refractivity (Wildman–Crippen MR) is 97.6 cm³/mol. The van der Waals surface area contributed by atoms with E-state index in [-0.39, 0.29) is 23.4 Å². The summed E-state index contributed by atoms with van der Waals surface area (Å²) in [5.41, 5.74) is -0.846. The van der Waals surface area contributed by atoms with Gasteiger partial charge in [-0.1, -0.05) is 18.2 Å². The summed E-state index contributed by atoms with van der Waals surface area (Å²) in [4.78, 5) is 21.4. The molecular weight excluding hydrogens is 377 g/mol. The second-order valence-corrected chi connectivity index (χ2v) is 7.13. The molecule has 0 aliphatic rings. The van der Waals surface area contributed by atoms with Gasteiger partial charge >= 0.3 is 0 Å². The number of amides is 1. The van der Waals surface area contributed by atoms with Crippen molar-refractivity contribution in [3.8, 4) is 0 Å². The lowest BCUT2D eigenvalue weighted by atomic mass is 10.1. The van der Waals surface area contributed by atoms with Gasteiger partial charge in [0, 0.05) is 18.7 Å². The minimum absolute atomic E-state index is 0.00508. The number of carbonyl (C=O) groups is 1. The number of nitrogens with one attached hydrogen (secondary N) is 2. The van der Waals surface area contributed by atoms with E-state index in [0.29, 0.717) is 6.07 Å². The van der Waals surface area contributed by atoms with Crippen molar-refractivity contribution >= 4 is 27.3 Å². The number of hydrogen-bond acceptors (Lipinski definition) is 5. The molecule has 142 valence electrons. The van der Waals surface area contributed by atoms with Crippen LogP contribution in [0.25, 0.3) is 0 Å². The van der Waals surface area contributed by atoms with Gasteiger partial charge < -0.3 is 5.32 Å². The Labute approximate surface area is 154 Å². The molecule has 10 heteroatoms. The zero-order valence-corrected chi connectivity index (χ0v) is 15.0. The minimum Gasteiger partial charge on any atom is -0.349 e. The molecule has 0 aromatic heterocycles. The minimum atomic E-state index is -4.53. The number of hydrogen-bond donors (Lipinski definition) is 2. The van der Waals surface area contributed by atoms with Crippen LogP contribution in [0.15, 0.2) is 53.9 Å². The number of sulfonamides is 1. The summed E-state index contributed by atoms with van der Waals surface area (Å²) < 4.78 is 41.7. The van der Waals surface area contributed by atoms with Crippen LogP contribution in [0.5, 0.6) is 0 Å². The fourth-order valence-electron chi connectivity index (χ4n) is 2.25. The second kappa shape index (κ2) is 7.96. The number of nitrogens with zero attached hydrogens (tertiary/aromatic N) is 1. The molecule has 2 aromatic carbocycles. The van der Waals surface area contributed by atoms with Crippen molar-refractivity contribution < 1.29 is 22.5 Å². The molecule has 0 saturated carbocycles. The normalized spacial score (nSPS) is 10.9. The average Bonchev–Trinajstić information content (AvgIpc) is 2.61. The molecule has 0 radical (unpaired) electrons. The molecule has 2 N–H and O–H groups in total. The van der Waals surface area contributed by atoms with Crippen LogP contribution in [0.2, 0.25) is 0 Å². The molecule has 0 atom stereocenters. The fourth-order valence-corrected chi connectivity index (χ4v) is 3.50. The molecule has 0 unspecified atom stereocenters. The van der Waals surface area contributed by atoms with E-state index >= 15 is 0 Å². The van der Waals surface area contributed by atoms with Gasteiger partial charge in [0.2, 0.25) is 0 Å². The van der Waals surface area contributed by atoms with E-state index < -0.39 is 37.3 Å². The maximum absolute atomic E-state index is 14.3. The molecule has 1 amide bonds. The predicted octanol–water partition coefficient (Wildman–Crippen LogP) is 2.76. The van der Waals surface area contributed by atoms with Crippen LogP contribution in [0, 0.1) is 22.9 Å². The van der Waals surface area contributed by atoms with Crippen molar-refractivity contribution in [2.75, 3.05) is 11.3 Å². The summed E-state index contributed by atoms with van der Waals surface area (Å²) in [7, 11) is -4.53. The number of benzene rings is 2. The zero-order chi connectivity index (χ0) is 20.2. The third kappa shape index (κ3) is 4.47. The van der Waals surface area contributed by atoms with Crippen LogP contribution in [0.4, 0.5) is 15.8 Å². The second-order valence-electron chi connectivity index (χ2n) is 5.48. The monoisotopic (exact) mass is 393 g/mol. The maximum Gasteiger partial charge on any atom is 0.271 e. The number of halogens is 1. The van der Waals surface area contributed by atoms with Gasteiger partial charge in [-0.05, 0) is 24.6 Å². The first kappa shape index (κ1) is 20.0. The highest BCUT2D eigenvalue weighted by Crippen LogP contribution is 2.27. The summed E-state index contributed by atoms with van der Waals surface area (Å²) >= 11 is 0. The molecule has 8 nitrogen and oxygen atoms in total. The SMILES string of the molecule is C=CCNC(=O)c1ccccc1NS(=O)(=O)c1cc([N+](=O)[O-])cc(C)c1F. The molecule has 2 aromatic rings. The molecule has 0 bridgehead atoms. The first-order valence-electron chi connectivity index (χ1n) is 7.63. The number of nitro benzene ring substituents is 1. The molecule has 0 aliphatic carbocycles. The van der Waals surface area contributed by atoms with Crippen molar-refractivity contribution in [3.05, 3.63) is 76.1 Å². The van der Waals surface area contributed by atoms with Crippen molar-refractivity contribution in [1.29, 1.82) is 0 Å². The van der Waals surface area contributed by atoms with Gasteiger partial charge in [0.25, 0.3) is 21.6 Å². The number of nitro groups is 1. The standard InChI is InChI=1S/C17H16FN3O5S/c1-3-8-19-17(22)13-6-4-5-7-14(13)20-27(25,26)15-10-12(21(23)24)9-11(2)16(15)18/h3-7,9-10,20H,1,8H2,2H3,(H,19,22). The van der Waals surface area contributed by atoms with Gasteiger partial charge in [-0.25, -0.2) is 12.8 Å². The smallest absolute Gasteiger partial charge is 0.271 e. The number of non-ortho nitro benzene ring substituents is 1. The number of rotatable bonds is 7. The molecule has 0 heterocycles. The Bertz CT molecular complexity index is 1020. The van der Waals surface area contributed by atoms with E-state index in [1.54, 1.807) is 0 Å². The molecule has 2 rings (SSSR count). The van der Waals surface area contributed by atoms with Gasteiger partial charge in [-0.2, -0.15) is 0 Å². The van der Waals surface area contributed by atoms with Gasteiger partial charge in [0.1, 0.15) is 10.7 Å². The van der Waals surface area contributed by atoms with E-state index in [9.17, 15) is 27.7 Å². The average molecular weight is 393 g/mol. The Morgan fingerprint density at radius 3 is 2.63 bits per heavy atom. The Kier molecular flexibility index (Phi) is 5.91. The van der Waals surface area contributed by atoms with Gasteiger partial charge in [-0.15, -0.1) is 6.58 Å². The molecular formula is C17H16FN3O5S. The van der Waals surface area contributed by atoms with Gasteiger partial charge in [0.15, 0.2) is 0 Å². The number of carbonyl (C=O) groups excluding carboxylic acids is 1. The lowest BCUT2D eigenvalue weighted by Crippen LogP contribution is -2.25. The third-order valence-corrected chi connectivity index (χ3v) is 4.89. The fraction of sp³-hybridized carbons (Fsp3) is 0.118. The molecule has 27 heavy (non-hydrogen) atoms. The highest BCUT2D eigenvalue weighted by molar-refractivity contribution is 7.92. The van der Waals surface area contributed by atoms with Crippen LogP contribution < -0.4 is 10.0 Å². The first-order chi connectivity index (χ1) is 12.7. The van der Waals surface area contributed by atoms with Crippen LogP contribution in [0.3, 0.4) is 0 Å². The summed E-state index contributed by atoms with van der Waals surface area (Å²) in [6, 6.07) is 7.28. The lowest BCUT2D eigenvalue weighted by Gasteiger charge is -2.13. The van der Waals surface area contributed by atoms with Crippen LogP contribution in [-0.4, -0.2) is 25.8 Å². The highest BCUT2D eigenvalue weighted by Gasteiger charge is 2.26. The van der Waals surface area contributed by atoms with E-state index in [0.717, 1.165) is 6.07 Å². The van der Waals surface area contributed by atoms with Crippen LogP contribution in [-0.2, 0) is 10.0 Å². The Morgan fingerprint density at radius 2 is 2.00 bits per heavy atom. The van der Waals surface area contributed by atoms with E-state index in [1.165, 1.54) is 37.3 Å². The Hall–Kier alpha value is -3.27. The summed E-state index contributed by atoms with van der Waals surface area (Å²) in [5.74, 6) is -1.68. The van der Waals surface area contributed by atoms with E-state index in [2.05, 4.69) is 16.6 Å². The van der Waals surface area contributed by atoms with E-state index in [4.69, 9.17) is 0 Å². The van der Waals surface area contributed by atoms with Gasteiger partial charge in [-0.3, -0.25) is 19.6 Å². The Morgan fingerprint density at radius 1 is 1.33 bits per heavy atom. The highest BCUT2D eigenvalue weighted by atomic mass is 32.2. The van der Waals surface area contributed by atoms with Crippen molar-refractivity contribution in [1.82, 2.24) is 5.32 Å². The third-order valence-electron chi connectivity index (χ3n) is 3.53. The summed E-state index contributed by atoms with van der Waals surface area (Å²) in [6.07, 6.45) is 1.45. The van der Waals surface area contributed by atoms with E-state index in [1.807, 2.05) is 0 Å². The van der Waals surface area contributed by atoms with Crippen LogP contribution in [0.1, 0.15) is 15.9 Å². The molecule has 0 saturated heterocycles. The largest absolute Gasteiger partial charge is 0.349 e. The van der Waals surface area contributed by atoms with Gasteiger partial charge in [0.05, 0.1) is 16.2 Å².